The number of Topliss-reactive ketones (excluding diaryl/α,β-unsaturated/α-hetero) is 1. The van der Waals surface area contributed by atoms with Crippen LogP contribution in [0.5, 0.6) is 5.75 Å². The Balaban J connectivity index is 2.56. The van der Waals surface area contributed by atoms with Gasteiger partial charge in [0.25, 0.3) is 0 Å². The summed E-state index contributed by atoms with van der Waals surface area (Å²) in [5.41, 5.74) is 7.80. The molecule has 0 amide bonds. The Bertz CT molecular complexity index is 475. The molecule has 1 aromatic rings. The van der Waals surface area contributed by atoms with Crippen LogP contribution in [0.15, 0.2) is 12.1 Å². The molecule has 92 valence electrons. The van der Waals surface area contributed by atoms with Crippen molar-refractivity contribution in [3.63, 3.8) is 0 Å². The minimum Gasteiger partial charge on any atom is -0.484 e. The molecule has 0 radical (unpaired) electrons. The molecule has 0 atom stereocenters. The quantitative estimate of drug-likeness (QED) is 0.758. The summed E-state index contributed by atoms with van der Waals surface area (Å²) in [7, 11) is 0. The number of anilines is 1. The molecular formula is C14H19NO2. The third-order valence-electron chi connectivity index (χ3n) is 3.07. The molecule has 17 heavy (non-hydrogen) atoms. The maximum absolute atomic E-state index is 12.1. The maximum Gasteiger partial charge on any atom is 0.170 e. The minimum atomic E-state index is -0.461. The van der Waals surface area contributed by atoms with Crippen molar-refractivity contribution in [2.24, 2.45) is 0 Å². The van der Waals surface area contributed by atoms with Crippen LogP contribution in [0.4, 0.5) is 5.69 Å². The highest BCUT2D eigenvalue weighted by Gasteiger charge is 2.34. The van der Waals surface area contributed by atoms with Crippen LogP contribution in [0, 0.1) is 0 Å². The first-order valence-electron chi connectivity index (χ1n) is 5.96. The van der Waals surface area contributed by atoms with Gasteiger partial charge in [0.05, 0.1) is 17.7 Å². The van der Waals surface area contributed by atoms with Gasteiger partial charge >= 0.3 is 0 Å². The van der Waals surface area contributed by atoms with Crippen molar-refractivity contribution < 1.29 is 9.53 Å². The second kappa shape index (κ2) is 3.76. The number of ketones is 1. The molecule has 0 aromatic heterocycles. The number of nitrogens with two attached hydrogens (primary N) is 1. The van der Waals surface area contributed by atoms with E-state index < -0.39 is 5.60 Å². The molecule has 0 fully saturated rings. The lowest BCUT2D eigenvalue weighted by Gasteiger charge is -2.32. The molecular weight excluding hydrogens is 214 g/mol. The van der Waals surface area contributed by atoms with Gasteiger partial charge < -0.3 is 10.5 Å². The average Bonchev–Trinajstić information content (AvgIpc) is 2.17. The van der Waals surface area contributed by atoms with Crippen LogP contribution in [0.25, 0.3) is 0 Å². The molecule has 1 aliphatic heterocycles. The Hall–Kier alpha value is -1.51. The molecule has 1 aliphatic rings. The van der Waals surface area contributed by atoms with Crippen molar-refractivity contribution in [2.45, 2.75) is 45.6 Å². The Morgan fingerprint density at radius 2 is 2.00 bits per heavy atom. The van der Waals surface area contributed by atoms with Crippen LogP contribution >= 0.6 is 0 Å². The van der Waals surface area contributed by atoms with Gasteiger partial charge in [0, 0.05) is 0 Å². The topological polar surface area (TPSA) is 52.3 Å². The van der Waals surface area contributed by atoms with E-state index in [9.17, 15) is 4.79 Å². The normalized spacial score (nSPS) is 17.8. The largest absolute Gasteiger partial charge is 0.484 e. The number of hydrogen-bond donors (Lipinski definition) is 1. The Kier molecular flexibility index (Phi) is 2.64. The molecule has 0 saturated heterocycles. The van der Waals surface area contributed by atoms with Crippen LogP contribution in [0.1, 0.15) is 56.0 Å². The summed E-state index contributed by atoms with van der Waals surface area (Å²) in [6.45, 7) is 7.98. The number of carbonyl (C=O) groups is 1. The molecule has 0 spiro atoms. The van der Waals surface area contributed by atoms with Crippen molar-refractivity contribution >= 4 is 11.5 Å². The standard InChI is InChI=1S/C14H19NO2/c1-8(2)9-5-10-12(16)7-14(3,4)17-13(10)11(15)6-9/h5-6,8H,7,15H2,1-4H3. The fourth-order valence-electron chi connectivity index (χ4n) is 2.12. The third kappa shape index (κ3) is 2.14. The van der Waals surface area contributed by atoms with E-state index in [2.05, 4.69) is 13.8 Å². The predicted molar refractivity (Wildman–Crippen MR) is 68.6 cm³/mol. The van der Waals surface area contributed by atoms with Crippen molar-refractivity contribution in [3.05, 3.63) is 23.3 Å². The zero-order valence-corrected chi connectivity index (χ0v) is 10.8. The molecule has 2 N–H and O–H groups in total. The fraction of sp³-hybridized carbons (Fsp3) is 0.500. The summed E-state index contributed by atoms with van der Waals surface area (Å²) in [5, 5.41) is 0. The fourth-order valence-corrected chi connectivity index (χ4v) is 2.12. The summed E-state index contributed by atoms with van der Waals surface area (Å²) in [6, 6.07) is 3.81. The summed E-state index contributed by atoms with van der Waals surface area (Å²) < 4.78 is 5.81. The summed E-state index contributed by atoms with van der Waals surface area (Å²) >= 11 is 0. The van der Waals surface area contributed by atoms with Gasteiger partial charge in [-0.2, -0.15) is 0 Å². The number of nitrogen functional groups attached to an aromatic ring is 1. The average molecular weight is 233 g/mol. The lowest BCUT2D eigenvalue weighted by Crippen LogP contribution is -2.36. The van der Waals surface area contributed by atoms with Crippen LogP contribution in [-0.4, -0.2) is 11.4 Å². The molecule has 0 bridgehead atoms. The van der Waals surface area contributed by atoms with Crippen molar-refractivity contribution in [1.82, 2.24) is 0 Å². The first-order valence-corrected chi connectivity index (χ1v) is 5.96. The first-order chi connectivity index (χ1) is 7.80. The van der Waals surface area contributed by atoms with Crippen molar-refractivity contribution in [1.29, 1.82) is 0 Å². The van der Waals surface area contributed by atoms with E-state index in [0.717, 1.165) is 5.56 Å². The molecule has 3 nitrogen and oxygen atoms in total. The van der Waals surface area contributed by atoms with E-state index in [1.165, 1.54) is 0 Å². The highest BCUT2D eigenvalue weighted by molar-refractivity contribution is 6.02. The number of rotatable bonds is 1. The van der Waals surface area contributed by atoms with Gasteiger partial charge in [0.1, 0.15) is 5.60 Å². The second-order valence-corrected chi connectivity index (χ2v) is 5.60. The summed E-state index contributed by atoms with van der Waals surface area (Å²) in [6.07, 6.45) is 0.404. The molecule has 0 saturated carbocycles. The van der Waals surface area contributed by atoms with Crippen molar-refractivity contribution in [2.75, 3.05) is 5.73 Å². The van der Waals surface area contributed by atoms with Gasteiger partial charge in [-0.3, -0.25) is 4.79 Å². The van der Waals surface area contributed by atoms with Crippen LogP contribution < -0.4 is 10.5 Å². The van der Waals surface area contributed by atoms with Crippen molar-refractivity contribution in [3.8, 4) is 5.75 Å². The van der Waals surface area contributed by atoms with Gasteiger partial charge in [-0.15, -0.1) is 0 Å². The summed E-state index contributed by atoms with van der Waals surface area (Å²) in [4.78, 5) is 12.1. The van der Waals surface area contributed by atoms with E-state index in [0.29, 0.717) is 29.3 Å². The number of fused-ring (bicyclic) bond motifs is 1. The van der Waals surface area contributed by atoms with E-state index >= 15 is 0 Å². The minimum absolute atomic E-state index is 0.116. The lowest BCUT2D eigenvalue weighted by molar-refractivity contribution is 0.0624. The Labute approximate surface area is 102 Å². The maximum atomic E-state index is 12.1. The Morgan fingerprint density at radius 1 is 1.35 bits per heavy atom. The SMILES string of the molecule is CC(C)c1cc(N)c2c(c1)C(=O)CC(C)(C)O2. The smallest absolute Gasteiger partial charge is 0.170 e. The summed E-state index contributed by atoms with van der Waals surface area (Å²) in [5.74, 6) is 1.02. The molecule has 0 aliphatic carbocycles. The molecule has 1 aromatic carbocycles. The van der Waals surface area contributed by atoms with Gasteiger partial charge in [0.2, 0.25) is 0 Å². The van der Waals surface area contributed by atoms with Crippen LogP contribution in [-0.2, 0) is 0 Å². The predicted octanol–water partition coefficient (Wildman–Crippen LogP) is 3.14. The third-order valence-corrected chi connectivity index (χ3v) is 3.07. The Morgan fingerprint density at radius 3 is 2.59 bits per heavy atom. The molecule has 1 heterocycles. The van der Waals surface area contributed by atoms with Gasteiger partial charge in [-0.05, 0) is 37.5 Å². The first kappa shape index (κ1) is 12.0. The zero-order valence-electron chi connectivity index (χ0n) is 10.8. The van der Waals surface area contributed by atoms with Crippen LogP contribution in [0.2, 0.25) is 0 Å². The number of benzene rings is 1. The lowest BCUT2D eigenvalue weighted by atomic mass is 9.90. The van der Waals surface area contributed by atoms with E-state index in [1.807, 2.05) is 26.0 Å². The highest BCUT2D eigenvalue weighted by atomic mass is 16.5. The number of hydrogen-bond acceptors (Lipinski definition) is 3. The number of carbonyl (C=O) groups excluding carboxylic acids is 1. The van der Waals surface area contributed by atoms with Gasteiger partial charge in [-0.1, -0.05) is 13.8 Å². The monoisotopic (exact) mass is 233 g/mol. The van der Waals surface area contributed by atoms with E-state index in [4.69, 9.17) is 10.5 Å². The van der Waals surface area contributed by atoms with Gasteiger partial charge in [0.15, 0.2) is 11.5 Å². The molecule has 2 rings (SSSR count). The highest BCUT2D eigenvalue weighted by Crippen LogP contribution is 2.39. The molecule has 3 heteroatoms. The number of ether oxygens (including phenoxy) is 1. The van der Waals surface area contributed by atoms with Gasteiger partial charge in [-0.25, -0.2) is 0 Å². The molecule has 0 unspecified atom stereocenters. The second-order valence-electron chi connectivity index (χ2n) is 5.60. The van der Waals surface area contributed by atoms with E-state index in [-0.39, 0.29) is 5.78 Å². The zero-order chi connectivity index (χ0) is 12.8. The van der Waals surface area contributed by atoms with E-state index in [1.54, 1.807) is 0 Å². The van der Waals surface area contributed by atoms with Crippen LogP contribution in [0.3, 0.4) is 0 Å².